The Morgan fingerprint density at radius 2 is 2.19 bits per heavy atom. The number of ether oxygens (including phenoxy) is 1. The zero-order chi connectivity index (χ0) is 15.6. The Morgan fingerprint density at radius 3 is 2.76 bits per heavy atom. The Morgan fingerprint density at radius 1 is 1.48 bits per heavy atom. The molecule has 2 heterocycles. The third-order valence-electron chi connectivity index (χ3n) is 2.53. The summed E-state index contributed by atoms with van der Waals surface area (Å²) in [7, 11) is 0. The molecule has 0 aliphatic rings. The monoisotopic (exact) mass is 325 g/mol. The van der Waals surface area contributed by atoms with Gasteiger partial charge in [-0.3, -0.25) is 0 Å². The molecule has 0 atom stereocenters. The van der Waals surface area contributed by atoms with Crippen LogP contribution in [-0.2, 0) is 11.3 Å². The fraction of sp³-hybridized carbons (Fsp3) is 0.455. The summed E-state index contributed by atoms with van der Waals surface area (Å²) in [5, 5.41) is 5.31. The molecule has 0 amide bonds. The molecule has 0 unspecified atom stereocenters. The van der Waals surface area contributed by atoms with Crippen LogP contribution in [0.15, 0.2) is 9.90 Å². The molecule has 10 heteroatoms. The van der Waals surface area contributed by atoms with Crippen LogP contribution in [0.4, 0.5) is 23.2 Å². The number of alkyl halides is 4. The van der Waals surface area contributed by atoms with E-state index >= 15 is 0 Å². The molecule has 0 fully saturated rings. The van der Waals surface area contributed by atoms with Crippen molar-refractivity contribution in [3.63, 3.8) is 0 Å². The maximum atomic E-state index is 12.6. The van der Waals surface area contributed by atoms with Gasteiger partial charge in [0.2, 0.25) is 0 Å². The average Bonchev–Trinajstić information content (AvgIpc) is 2.98. The summed E-state index contributed by atoms with van der Waals surface area (Å²) in [6.07, 6.45) is -3.78. The lowest BCUT2D eigenvalue weighted by Crippen LogP contribution is -2.32. The number of thiophene rings is 1. The van der Waals surface area contributed by atoms with Crippen molar-refractivity contribution in [2.75, 3.05) is 12.3 Å². The van der Waals surface area contributed by atoms with Crippen LogP contribution in [0.25, 0.3) is 10.8 Å². The molecule has 2 aromatic heterocycles. The van der Waals surface area contributed by atoms with Crippen LogP contribution in [0.3, 0.4) is 0 Å². The van der Waals surface area contributed by atoms with E-state index < -0.39 is 25.6 Å². The zero-order valence-corrected chi connectivity index (χ0v) is 11.6. The van der Waals surface area contributed by atoms with E-state index in [9.17, 15) is 17.6 Å². The second-order valence-corrected chi connectivity index (χ2v) is 5.11. The maximum absolute atomic E-state index is 12.6. The van der Waals surface area contributed by atoms with Crippen molar-refractivity contribution in [1.29, 1.82) is 0 Å². The molecule has 0 radical (unpaired) electrons. The minimum atomic E-state index is -4.21. The van der Waals surface area contributed by atoms with Gasteiger partial charge >= 0.3 is 12.3 Å². The standard InChI is InChI=1S/C11H11F4N3O2S/c1-5-3-21-8(7(5)16)9-17-6(18-20-9)2-19-4-11(14,15)10(12)13/h3,10H,2,4,16H2,1H3. The van der Waals surface area contributed by atoms with E-state index in [1.54, 1.807) is 5.38 Å². The number of rotatable bonds is 6. The van der Waals surface area contributed by atoms with Crippen LogP contribution in [-0.4, -0.2) is 29.1 Å². The molecule has 0 saturated heterocycles. The highest BCUT2D eigenvalue weighted by atomic mass is 32.1. The topological polar surface area (TPSA) is 74.2 Å². The van der Waals surface area contributed by atoms with E-state index in [2.05, 4.69) is 14.9 Å². The van der Waals surface area contributed by atoms with Gasteiger partial charge in [0.25, 0.3) is 5.89 Å². The van der Waals surface area contributed by atoms with Crippen LogP contribution in [0, 0.1) is 6.92 Å². The van der Waals surface area contributed by atoms with Gasteiger partial charge in [0.15, 0.2) is 5.82 Å². The number of hydrogen-bond donors (Lipinski definition) is 1. The van der Waals surface area contributed by atoms with Crippen molar-refractivity contribution >= 4 is 17.0 Å². The number of aryl methyl sites for hydroxylation is 1. The van der Waals surface area contributed by atoms with Crippen LogP contribution in [0.2, 0.25) is 0 Å². The molecule has 21 heavy (non-hydrogen) atoms. The highest BCUT2D eigenvalue weighted by molar-refractivity contribution is 7.14. The Hall–Kier alpha value is -1.68. The van der Waals surface area contributed by atoms with E-state index in [0.717, 1.165) is 5.56 Å². The maximum Gasteiger partial charge on any atom is 0.330 e. The van der Waals surface area contributed by atoms with E-state index in [1.165, 1.54) is 11.3 Å². The molecular formula is C11H11F4N3O2S. The summed E-state index contributed by atoms with van der Waals surface area (Å²) in [6, 6.07) is 0. The largest absolute Gasteiger partial charge is 0.397 e. The molecule has 2 rings (SSSR count). The predicted molar refractivity (Wildman–Crippen MR) is 67.4 cm³/mol. The molecule has 0 saturated carbocycles. The summed E-state index contributed by atoms with van der Waals surface area (Å²) in [4.78, 5) is 4.47. The molecular weight excluding hydrogens is 314 g/mol. The molecule has 0 aliphatic heterocycles. The molecule has 0 spiro atoms. The fourth-order valence-corrected chi connectivity index (χ4v) is 2.26. The number of halogens is 4. The minimum Gasteiger partial charge on any atom is -0.397 e. The second-order valence-electron chi connectivity index (χ2n) is 4.23. The Labute approximate surface area is 120 Å². The lowest BCUT2D eigenvalue weighted by atomic mass is 10.3. The first-order valence-corrected chi connectivity index (χ1v) is 6.59. The molecule has 0 aromatic carbocycles. The first-order valence-electron chi connectivity index (χ1n) is 5.71. The summed E-state index contributed by atoms with van der Waals surface area (Å²) >= 11 is 1.29. The summed E-state index contributed by atoms with van der Waals surface area (Å²) in [5.41, 5.74) is 7.14. The lowest BCUT2D eigenvalue weighted by Gasteiger charge is -2.14. The van der Waals surface area contributed by atoms with Crippen LogP contribution >= 0.6 is 11.3 Å². The lowest BCUT2D eigenvalue weighted by molar-refractivity contribution is -0.168. The molecule has 0 aliphatic carbocycles. The van der Waals surface area contributed by atoms with Gasteiger partial charge < -0.3 is 15.0 Å². The van der Waals surface area contributed by atoms with Gasteiger partial charge in [-0.15, -0.1) is 11.3 Å². The van der Waals surface area contributed by atoms with E-state index in [-0.39, 0.29) is 11.7 Å². The molecule has 2 N–H and O–H groups in total. The summed E-state index contributed by atoms with van der Waals surface area (Å²) in [5.74, 6) is -4.10. The molecule has 2 aromatic rings. The smallest absolute Gasteiger partial charge is 0.330 e. The van der Waals surface area contributed by atoms with E-state index in [1.807, 2.05) is 6.92 Å². The van der Waals surface area contributed by atoms with Gasteiger partial charge in [0.1, 0.15) is 18.1 Å². The Balaban J connectivity index is 1.97. The van der Waals surface area contributed by atoms with E-state index in [4.69, 9.17) is 10.3 Å². The highest BCUT2D eigenvalue weighted by Gasteiger charge is 2.41. The minimum absolute atomic E-state index is 0.0273. The summed E-state index contributed by atoms with van der Waals surface area (Å²) < 4.78 is 58.5. The van der Waals surface area contributed by atoms with Crippen LogP contribution in [0.1, 0.15) is 11.4 Å². The van der Waals surface area contributed by atoms with Crippen molar-refractivity contribution in [3.8, 4) is 10.8 Å². The molecule has 0 bridgehead atoms. The Bertz CT molecular complexity index is 614. The van der Waals surface area contributed by atoms with Gasteiger partial charge in [-0.25, -0.2) is 8.78 Å². The number of nitrogens with two attached hydrogens (primary N) is 1. The van der Waals surface area contributed by atoms with Crippen molar-refractivity contribution in [3.05, 3.63) is 16.8 Å². The highest BCUT2D eigenvalue weighted by Crippen LogP contribution is 2.33. The van der Waals surface area contributed by atoms with Crippen molar-refractivity contribution in [1.82, 2.24) is 10.1 Å². The number of anilines is 1. The van der Waals surface area contributed by atoms with Crippen molar-refractivity contribution in [2.24, 2.45) is 0 Å². The van der Waals surface area contributed by atoms with Crippen LogP contribution < -0.4 is 5.73 Å². The number of nitrogens with zero attached hydrogens (tertiary/aromatic N) is 2. The third-order valence-corrected chi connectivity index (χ3v) is 3.63. The van der Waals surface area contributed by atoms with Crippen molar-refractivity contribution < 1.29 is 26.8 Å². The second kappa shape index (κ2) is 5.98. The first-order chi connectivity index (χ1) is 9.81. The average molecular weight is 325 g/mol. The quantitative estimate of drug-likeness (QED) is 0.826. The van der Waals surface area contributed by atoms with Gasteiger partial charge in [0.05, 0.1) is 5.69 Å². The fourth-order valence-electron chi connectivity index (χ4n) is 1.37. The first kappa shape index (κ1) is 15.7. The number of hydrogen-bond acceptors (Lipinski definition) is 6. The van der Waals surface area contributed by atoms with E-state index in [0.29, 0.717) is 10.6 Å². The van der Waals surface area contributed by atoms with Gasteiger partial charge in [0, 0.05) is 0 Å². The van der Waals surface area contributed by atoms with Gasteiger partial charge in [-0.2, -0.15) is 13.8 Å². The zero-order valence-electron chi connectivity index (χ0n) is 10.8. The third kappa shape index (κ3) is 3.50. The van der Waals surface area contributed by atoms with Crippen molar-refractivity contribution in [2.45, 2.75) is 25.9 Å². The number of nitrogen functional groups attached to an aromatic ring is 1. The normalized spacial score (nSPS) is 12.3. The van der Waals surface area contributed by atoms with Gasteiger partial charge in [-0.05, 0) is 17.9 Å². The SMILES string of the molecule is Cc1csc(-c2nc(COCC(F)(F)C(F)F)no2)c1N. The number of aromatic nitrogens is 2. The molecule has 116 valence electrons. The van der Waals surface area contributed by atoms with Gasteiger partial charge in [-0.1, -0.05) is 5.16 Å². The van der Waals surface area contributed by atoms with Crippen LogP contribution in [0.5, 0.6) is 0 Å². The predicted octanol–water partition coefficient (Wildman–Crippen LogP) is 3.11. The Kier molecular flexibility index (Phi) is 4.47. The summed E-state index contributed by atoms with van der Waals surface area (Å²) in [6.45, 7) is -0.0764. The molecule has 5 nitrogen and oxygen atoms in total.